The molecule has 5 aromatic rings. The molecule has 0 atom stereocenters. The van der Waals surface area contributed by atoms with E-state index in [-0.39, 0.29) is 12.3 Å². The van der Waals surface area contributed by atoms with Gasteiger partial charge in [-0.25, -0.2) is 0 Å². The smallest absolute Gasteiger partial charge is 0.323 e. The molecule has 0 fully saturated rings. The van der Waals surface area contributed by atoms with Crippen LogP contribution in [0.3, 0.4) is 0 Å². The molecule has 34 heavy (non-hydrogen) atoms. The standard InChI is InChI=1S/C27H23NO6/c1-17(29)25-14-18-6-4-9-24(27(18)34-25)33-13-5-12-32-19-10-11-21-20-7-2-3-8-22(20)28(16-26(30)31)23(21)15-19/h2-4,6-11,14-15H,5,12-13,16H2,1H3,(H,30,31). The number of carboxylic acids is 1. The number of fused-ring (bicyclic) bond motifs is 4. The van der Waals surface area contributed by atoms with E-state index in [1.165, 1.54) is 6.92 Å². The van der Waals surface area contributed by atoms with E-state index in [0.29, 0.717) is 42.5 Å². The molecular formula is C27H23NO6. The van der Waals surface area contributed by atoms with Crippen molar-refractivity contribution in [3.05, 3.63) is 72.5 Å². The average Bonchev–Trinajstić information content (AvgIpc) is 3.39. The first-order valence-electron chi connectivity index (χ1n) is 11.0. The maximum absolute atomic E-state index is 11.6. The number of carboxylic acid groups (broad SMARTS) is 1. The van der Waals surface area contributed by atoms with Gasteiger partial charge in [0.05, 0.1) is 18.7 Å². The lowest BCUT2D eigenvalue weighted by atomic mass is 10.1. The molecule has 3 aromatic carbocycles. The molecule has 5 rings (SSSR count). The van der Waals surface area contributed by atoms with E-state index in [1.807, 2.05) is 60.7 Å². The fourth-order valence-corrected chi connectivity index (χ4v) is 4.18. The number of Topliss-reactive ketones (excluding diaryl/α,β-unsaturated/α-hetero) is 1. The van der Waals surface area contributed by atoms with Crippen LogP contribution in [0.1, 0.15) is 23.9 Å². The van der Waals surface area contributed by atoms with Gasteiger partial charge in [0.2, 0.25) is 0 Å². The van der Waals surface area contributed by atoms with E-state index < -0.39 is 5.97 Å². The van der Waals surface area contributed by atoms with Crippen molar-refractivity contribution >= 4 is 44.5 Å². The number of hydrogen-bond acceptors (Lipinski definition) is 5. The molecule has 0 saturated heterocycles. The van der Waals surface area contributed by atoms with Crippen LogP contribution in [0, 0.1) is 0 Å². The molecule has 0 aliphatic heterocycles. The van der Waals surface area contributed by atoms with Gasteiger partial charge in [-0.3, -0.25) is 9.59 Å². The predicted molar refractivity (Wildman–Crippen MR) is 129 cm³/mol. The highest BCUT2D eigenvalue weighted by molar-refractivity contribution is 6.08. The van der Waals surface area contributed by atoms with Gasteiger partial charge >= 0.3 is 5.97 Å². The lowest BCUT2D eigenvalue weighted by molar-refractivity contribution is -0.137. The van der Waals surface area contributed by atoms with Gasteiger partial charge in [0.1, 0.15) is 12.3 Å². The molecule has 7 nitrogen and oxygen atoms in total. The zero-order valence-corrected chi connectivity index (χ0v) is 18.6. The van der Waals surface area contributed by atoms with E-state index in [1.54, 1.807) is 10.6 Å². The second-order valence-corrected chi connectivity index (χ2v) is 8.07. The summed E-state index contributed by atoms with van der Waals surface area (Å²) in [4.78, 5) is 23.0. The number of furan rings is 1. The predicted octanol–water partition coefficient (Wildman–Crippen LogP) is 5.68. The first kappa shape index (κ1) is 21.6. The molecule has 0 bridgehead atoms. The molecule has 7 heteroatoms. The maximum Gasteiger partial charge on any atom is 0.323 e. The maximum atomic E-state index is 11.6. The minimum Gasteiger partial charge on any atom is -0.493 e. The Bertz CT molecular complexity index is 1530. The lowest BCUT2D eigenvalue weighted by Crippen LogP contribution is -2.08. The number of ketones is 1. The Balaban J connectivity index is 1.26. The molecule has 2 aromatic heterocycles. The first-order valence-corrected chi connectivity index (χ1v) is 11.0. The van der Waals surface area contributed by atoms with Crippen LogP contribution in [-0.4, -0.2) is 34.6 Å². The first-order chi connectivity index (χ1) is 16.5. The monoisotopic (exact) mass is 457 g/mol. The molecule has 0 unspecified atom stereocenters. The third-order valence-corrected chi connectivity index (χ3v) is 5.71. The molecule has 0 radical (unpaired) electrons. The fraction of sp³-hybridized carbons (Fsp3) is 0.185. The highest BCUT2D eigenvalue weighted by atomic mass is 16.5. The third-order valence-electron chi connectivity index (χ3n) is 5.71. The number of nitrogens with zero attached hydrogens (tertiary/aromatic N) is 1. The molecule has 172 valence electrons. The van der Waals surface area contributed by atoms with E-state index >= 15 is 0 Å². The minimum absolute atomic E-state index is 0.120. The van der Waals surface area contributed by atoms with Gasteiger partial charge in [0.15, 0.2) is 22.9 Å². The highest BCUT2D eigenvalue weighted by Gasteiger charge is 2.14. The van der Waals surface area contributed by atoms with Crippen molar-refractivity contribution in [3.63, 3.8) is 0 Å². The van der Waals surface area contributed by atoms with Crippen molar-refractivity contribution in [1.29, 1.82) is 0 Å². The Labute approximate surface area is 195 Å². The van der Waals surface area contributed by atoms with Crippen LogP contribution < -0.4 is 9.47 Å². The van der Waals surface area contributed by atoms with Crippen molar-refractivity contribution < 1.29 is 28.6 Å². The summed E-state index contributed by atoms with van der Waals surface area (Å²) < 4.78 is 19.2. The number of aliphatic carboxylic acids is 1. The van der Waals surface area contributed by atoms with Crippen LogP contribution in [0.15, 0.2) is 71.1 Å². The number of ether oxygens (including phenoxy) is 2. The second-order valence-electron chi connectivity index (χ2n) is 8.07. The topological polar surface area (TPSA) is 90.9 Å². The van der Waals surface area contributed by atoms with Crippen LogP contribution in [0.4, 0.5) is 0 Å². The largest absolute Gasteiger partial charge is 0.493 e. The Morgan fingerprint density at radius 2 is 1.71 bits per heavy atom. The van der Waals surface area contributed by atoms with Crippen molar-refractivity contribution in [3.8, 4) is 11.5 Å². The highest BCUT2D eigenvalue weighted by Crippen LogP contribution is 2.32. The number of carbonyl (C=O) groups is 2. The van der Waals surface area contributed by atoms with Crippen LogP contribution in [-0.2, 0) is 11.3 Å². The Kier molecular flexibility index (Phi) is 5.67. The Morgan fingerprint density at radius 1 is 0.912 bits per heavy atom. The molecule has 0 saturated carbocycles. The molecule has 2 heterocycles. The SMILES string of the molecule is CC(=O)c1cc2cccc(OCCCOc3ccc4c5ccccc5n(CC(=O)O)c4c3)c2o1. The third kappa shape index (κ3) is 4.08. The van der Waals surface area contributed by atoms with Crippen molar-refractivity contribution in [1.82, 2.24) is 4.57 Å². The zero-order valence-electron chi connectivity index (χ0n) is 18.6. The number of benzene rings is 3. The summed E-state index contributed by atoms with van der Waals surface area (Å²) in [6, 6.07) is 20.8. The molecule has 1 N–H and O–H groups in total. The number of aromatic nitrogens is 1. The zero-order chi connectivity index (χ0) is 23.7. The van der Waals surface area contributed by atoms with Gasteiger partial charge in [-0.15, -0.1) is 0 Å². The molecular weight excluding hydrogens is 434 g/mol. The normalized spacial score (nSPS) is 11.3. The summed E-state index contributed by atoms with van der Waals surface area (Å²) in [7, 11) is 0. The van der Waals surface area contributed by atoms with Crippen LogP contribution in [0.2, 0.25) is 0 Å². The average molecular weight is 457 g/mol. The summed E-state index contributed by atoms with van der Waals surface area (Å²) in [6.45, 7) is 2.19. The van der Waals surface area contributed by atoms with E-state index in [2.05, 4.69) is 0 Å². The number of carbonyl (C=O) groups excluding carboxylic acids is 1. The molecule has 0 spiro atoms. The van der Waals surface area contributed by atoms with Crippen molar-refractivity contribution in [2.24, 2.45) is 0 Å². The summed E-state index contributed by atoms with van der Waals surface area (Å²) in [5.74, 6) is 0.541. The van der Waals surface area contributed by atoms with Gasteiger partial charge in [-0.2, -0.15) is 0 Å². The van der Waals surface area contributed by atoms with E-state index in [4.69, 9.17) is 13.9 Å². The van der Waals surface area contributed by atoms with E-state index in [9.17, 15) is 14.7 Å². The quantitative estimate of drug-likeness (QED) is 0.226. The summed E-state index contributed by atoms with van der Waals surface area (Å²) >= 11 is 0. The molecule has 0 aliphatic rings. The van der Waals surface area contributed by atoms with Crippen LogP contribution in [0.5, 0.6) is 11.5 Å². The van der Waals surface area contributed by atoms with Crippen LogP contribution in [0.25, 0.3) is 32.8 Å². The summed E-state index contributed by atoms with van der Waals surface area (Å²) in [5.41, 5.74) is 2.26. The van der Waals surface area contributed by atoms with Crippen LogP contribution >= 0.6 is 0 Å². The number of hydrogen-bond donors (Lipinski definition) is 1. The van der Waals surface area contributed by atoms with Gasteiger partial charge in [-0.05, 0) is 30.3 Å². The summed E-state index contributed by atoms with van der Waals surface area (Å²) in [5, 5.41) is 12.2. The van der Waals surface area contributed by atoms with Crippen molar-refractivity contribution in [2.75, 3.05) is 13.2 Å². The minimum atomic E-state index is -0.895. The van der Waals surface area contributed by atoms with E-state index in [0.717, 1.165) is 27.2 Å². The van der Waals surface area contributed by atoms with Gasteiger partial charge in [0.25, 0.3) is 0 Å². The van der Waals surface area contributed by atoms with Crippen molar-refractivity contribution in [2.45, 2.75) is 19.9 Å². The summed E-state index contributed by atoms with van der Waals surface area (Å²) in [6.07, 6.45) is 0.632. The van der Waals surface area contributed by atoms with Gasteiger partial charge in [0, 0.05) is 41.1 Å². The van der Waals surface area contributed by atoms with Gasteiger partial charge < -0.3 is 23.6 Å². The molecule has 0 amide bonds. The Morgan fingerprint density at radius 3 is 2.53 bits per heavy atom. The van der Waals surface area contributed by atoms with Gasteiger partial charge in [-0.1, -0.05) is 30.3 Å². The Hall–Kier alpha value is -4.26. The second kappa shape index (κ2) is 8.94. The lowest BCUT2D eigenvalue weighted by Gasteiger charge is -2.09. The molecule has 0 aliphatic carbocycles. The number of para-hydroxylation sites is 2. The fourth-order valence-electron chi connectivity index (χ4n) is 4.18. The number of rotatable bonds is 9.